The van der Waals surface area contributed by atoms with Gasteiger partial charge in [0.25, 0.3) is 5.91 Å². The number of amides is 1. The number of ether oxygens (including phenoxy) is 1. The number of benzene rings is 1. The SMILES string of the molecule is COc1ncccc1C(=O)N1CCCC[C@H]1c1ncc(Cc2ccccc2Cl)o1. The Morgan fingerprint density at radius 2 is 2.10 bits per heavy atom. The first-order valence-corrected chi connectivity index (χ1v) is 10.0. The van der Waals surface area contributed by atoms with Gasteiger partial charge in [0, 0.05) is 24.2 Å². The minimum atomic E-state index is -0.207. The summed E-state index contributed by atoms with van der Waals surface area (Å²) in [5.74, 6) is 1.49. The number of nitrogens with zero attached hydrogens (tertiary/aromatic N) is 3. The van der Waals surface area contributed by atoms with Crippen LogP contribution < -0.4 is 4.74 Å². The van der Waals surface area contributed by atoms with E-state index >= 15 is 0 Å². The van der Waals surface area contributed by atoms with Gasteiger partial charge in [-0.15, -0.1) is 0 Å². The number of carbonyl (C=O) groups is 1. The molecule has 0 aliphatic carbocycles. The molecule has 6 nitrogen and oxygen atoms in total. The van der Waals surface area contributed by atoms with Crippen molar-refractivity contribution in [3.63, 3.8) is 0 Å². The maximum absolute atomic E-state index is 13.2. The number of carbonyl (C=O) groups excluding carboxylic acids is 1. The van der Waals surface area contributed by atoms with E-state index in [0.717, 1.165) is 30.6 Å². The number of aromatic nitrogens is 2. The van der Waals surface area contributed by atoms with Crippen LogP contribution in [0.15, 0.2) is 53.2 Å². The standard InChI is InChI=1S/C22H22ClN3O3/c1-28-20-17(8-6-11-24-20)22(27)26-12-5-4-10-19(26)21-25-14-16(29-21)13-15-7-2-3-9-18(15)23/h2-3,6-9,11,14,19H,4-5,10,12-13H2,1H3/t19-/m0/s1. The van der Waals surface area contributed by atoms with Crippen LogP contribution in [0.5, 0.6) is 5.88 Å². The highest BCUT2D eigenvalue weighted by Crippen LogP contribution is 2.33. The Morgan fingerprint density at radius 3 is 2.93 bits per heavy atom. The van der Waals surface area contributed by atoms with Crippen LogP contribution in [0.1, 0.15) is 52.9 Å². The molecule has 29 heavy (non-hydrogen) atoms. The summed E-state index contributed by atoms with van der Waals surface area (Å²) in [6.45, 7) is 0.643. The van der Waals surface area contributed by atoms with Crippen LogP contribution in [0.2, 0.25) is 5.02 Å². The molecule has 0 spiro atoms. The first-order valence-electron chi connectivity index (χ1n) is 9.65. The van der Waals surface area contributed by atoms with Crippen LogP contribution in [0.25, 0.3) is 0 Å². The van der Waals surface area contributed by atoms with E-state index in [1.165, 1.54) is 7.11 Å². The van der Waals surface area contributed by atoms with Gasteiger partial charge in [0.05, 0.1) is 13.3 Å². The Morgan fingerprint density at radius 1 is 1.24 bits per heavy atom. The molecule has 7 heteroatoms. The van der Waals surface area contributed by atoms with Crippen LogP contribution in [-0.2, 0) is 6.42 Å². The Hall–Kier alpha value is -2.86. The summed E-state index contributed by atoms with van der Waals surface area (Å²) in [7, 11) is 1.52. The third-order valence-corrected chi connectivity index (χ3v) is 5.51. The largest absolute Gasteiger partial charge is 0.480 e. The fraction of sp³-hybridized carbons (Fsp3) is 0.318. The van der Waals surface area contributed by atoms with E-state index < -0.39 is 0 Å². The number of pyridine rings is 1. The van der Waals surface area contributed by atoms with Crippen LogP contribution in [-0.4, -0.2) is 34.4 Å². The number of piperidine rings is 1. The first kappa shape index (κ1) is 19.5. The minimum Gasteiger partial charge on any atom is -0.480 e. The zero-order valence-corrected chi connectivity index (χ0v) is 16.9. The monoisotopic (exact) mass is 411 g/mol. The maximum atomic E-state index is 13.2. The van der Waals surface area contributed by atoms with E-state index in [4.69, 9.17) is 20.8 Å². The van der Waals surface area contributed by atoms with Gasteiger partial charge in [-0.1, -0.05) is 29.8 Å². The van der Waals surface area contributed by atoms with E-state index in [-0.39, 0.29) is 11.9 Å². The zero-order valence-electron chi connectivity index (χ0n) is 16.2. The third kappa shape index (κ3) is 4.12. The molecule has 1 atom stereocenters. The lowest BCUT2D eigenvalue weighted by Crippen LogP contribution is -2.38. The second-order valence-corrected chi connectivity index (χ2v) is 7.41. The maximum Gasteiger partial charge on any atom is 0.260 e. The van der Waals surface area contributed by atoms with Crippen molar-refractivity contribution < 1.29 is 13.9 Å². The van der Waals surface area contributed by atoms with Gasteiger partial charge >= 0.3 is 0 Å². The Labute approximate surface area is 174 Å². The molecule has 0 radical (unpaired) electrons. The number of halogens is 1. The normalized spacial score (nSPS) is 16.6. The molecule has 150 valence electrons. The molecule has 3 aromatic rings. The number of methoxy groups -OCH3 is 1. The summed E-state index contributed by atoms with van der Waals surface area (Å²) >= 11 is 6.26. The smallest absolute Gasteiger partial charge is 0.260 e. The molecule has 0 bridgehead atoms. The zero-order chi connectivity index (χ0) is 20.2. The van der Waals surface area contributed by atoms with Gasteiger partial charge in [0.15, 0.2) is 0 Å². The molecular weight excluding hydrogens is 390 g/mol. The first-order chi connectivity index (χ1) is 14.2. The van der Waals surface area contributed by atoms with Gasteiger partial charge in [-0.2, -0.15) is 0 Å². The van der Waals surface area contributed by atoms with Crippen LogP contribution in [0.3, 0.4) is 0 Å². The number of rotatable bonds is 5. The highest BCUT2D eigenvalue weighted by atomic mass is 35.5. The van der Waals surface area contributed by atoms with Crippen molar-refractivity contribution in [2.24, 2.45) is 0 Å². The van der Waals surface area contributed by atoms with E-state index in [2.05, 4.69) is 9.97 Å². The summed E-state index contributed by atoms with van der Waals surface area (Å²) < 4.78 is 11.3. The predicted molar refractivity (Wildman–Crippen MR) is 109 cm³/mol. The van der Waals surface area contributed by atoms with Gasteiger partial charge in [0.1, 0.15) is 17.4 Å². The van der Waals surface area contributed by atoms with Gasteiger partial charge in [-0.25, -0.2) is 9.97 Å². The Balaban J connectivity index is 1.57. The molecule has 2 aromatic heterocycles. The second kappa shape index (κ2) is 8.66. The number of likely N-dealkylation sites (tertiary alicyclic amines) is 1. The van der Waals surface area contributed by atoms with Gasteiger partial charge in [0.2, 0.25) is 11.8 Å². The van der Waals surface area contributed by atoms with Crippen molar-refractivity contribution in [1.29, 1.82) is 0 Å². The molecule has 1 fully saturated rings. The molecule has 0 saturated carbocycles. The highest BCUT2D eigenvalue weighted by Gasteiger charge is 2.33. The average molecular weight is 412 g/mol. The molecule has 1 aromatic carbocycles. The van der Waals surface area contributed by atoms with Gasteiger partial charge in [-0.05, 0) is 43.0 Å². The lowest BCUT2D eigenvalue weighted by Gasteiger charge is -2.34. The summed E-state index contributed by atoms with van der Waals surface area (Å²) in [4.78, 5) is 23.7. The Kier molecular flexibility index (Phi) is 5.81. The van der Waals surface area contributed by atoms with Crippen LogP contribution >= 0.6 is 11.6 Å². The lowest BCUT2D eigenvalue weighted by molar-refractivity contribution is 0.0566. The third-order valence-electron chi connectivity index (χ3n) is 5.14. The van der Waals surface area contributed by atoms with E-state index in [1.54, 1.807) is 24.5 Å². The van der Waals surface area contributed by atoms with E-state index in [1.807, 2.05) is 29.2 Å². The van der Waals surface area contributed by atoms with Gasteiger partial charge in [-0.3, -0.25) is 4.79 Å². The number of hydrogen-bond acceptors (Lipinski definition) is 5. The molecule has 1 amide bonds. The molecule has 0 N–H and O–H groups in total. The quantitative estimate of drug-likeness (QED) is 0.609. The van der Waals surface area contributed by atoms with Crippen molar-refractivity contribution >= 4 is 17.5 Å². The lowest BCUT2D eigenvalue weighted by atomic mass is 10.0. The fourth-order valence-electron chi connectivity index (χ4n) is 3.69. The minimum absolute atomic E-state index is 0.120. The Bertz CT molecular complexity index is 1000. The van der Waals surface area contributed by atoms with Crippen molar-refractivity contribution in [2.75, 3.05) is 13.7 Å². The van der Waals surface area contributed by atoms with Crippen molar-refractivity contribution in [3.05, 3.63) is 76.6 Å². The highest BCUT2D eigenvalue weighted by molar-refractivity contribution is 6.31. The second-order valence-electron chi connectivity index (χ2n) is 7.00. The summed E-state index contributed by atoms with van der Waals surface area (Å²) in [6.07, 6.45) is 6.65. The fourth-order valence-corrected chi connectivity index (χ4v) is 3.89. The number of oxazole rings is 1. The van der Waals surface area contributed by atoms with Crippen molar-refractivity contribution in [2.45, 2.75) is 31.7 Å². The summed E-state index contributed by atoms with van der Waals surface area (Å²) in [6, 6.07) is 10.9. The van der Waals surface area contributed by atoms with Crippen LogP contribution in [0.4, 0.5) is 0 Å². The molecular formula is C22H22ClN3O3. The molecule has 1 aliphatic heterocycles. The molecule has 4 rings (SSSR count). The predicted octanol–water partition coefficient (Wildman–Crippen LogP) is 4.69. The van der Waals surface area contributed by atoms with Crippen molar-refractivity contribution in [3.8, 4) is 5.88 Å². The summed E-state index contributed by atoms with van der Waals surface area (Å²) in [5, 5.41) is 0.698. The number of hydrogen-bond donors (Lipinski definition) is 0. The van der Waals surface area contributed by atoms with E-state index in [9.17, 15) is 4.79 Å². The molecule has 1 saturated heterocycles. The van der Waals surface area contributed by atoms with Gasteiger partial charge < -0.3 is 14.1 Å². The molecule has 1 aliphatic rings. The molecule has 0 unspecified atom stereocenters. The van der Waals surface area contributed by atoms with E-state index in [0.29, 0.717) is 35.3 Å². The topological polar surface area (TPSA) is 68.5 Å². The molecule has 3 heterocycles. The summed E-state index contributed by atoms with van der Waals surface area (Å²) in [5.41, 5.74) is 1.43. The van der Waals surface area contributed by atoms with Crippen molar-refractivity contribution in [1.82, 2.24) is 14.9 Å². The van der Waals surface area contributed by atoms with Crippen LogP contribution in [0, 0.1) is 0 Å². The average Bonchev–Trinajstić information content (AvgIpc) is 3.23.